The Morgan fingerprint density at radius 3 is 2.35 bits per heavy atom. The highest BCUT2D eigenvalue weighted by atomic mass is 32.2. The molecule has 1 heterocycles. The molecule has 1 aliphatic heterocycles. The van der Waals surface area contributed by atoms with Crippen LogP contribution < -0.4 is 9.64 Å². The standard InChI is InChI=1S/C27H29FN2O3S/c1-29(2)14-15-30-23-13-6-19(16-18-4-9-21(28)10-5-18)17-24(23)34-26(25(31)27(30)32)20-7-11-22(33-3)12-8-20/h4-13,17,25-26,31H,14-16H2,1-3H3. The van der Waals surface area contributed by atoms with Crippen LogP contribution in [0.25, 0.3) is 0 Å². The molecule has 0 aromatic heterocycles. The average Bonchev–Trinajstić information content (AvgIpc) is 2.93. The Morgan fingerprint density at radius 1 is 1.03 bits per heavy atom. The fourth-order valence-corrected chi connectivity index (χ4v) is 5.34. The highest BCUT2D eigenvalue weighted by Gasteiger charge is 2.37. The highest BCUT2D eigenvalue weighted by molar-refractivity contribution is 7.99. The Kier molecular flexibility index (Phi) is 7.56. The zero-order valence-electron chi connectivity index (χ0n) is 19.6. The van der Waals surface area contributed by atoms with Crippen LogP contribution in [-0.4, -0.2) is 56.3 Å². The van der Waals surface area contributed by atoms with E-state index in [-0.39, 0.29) is 11.7 Å². The van der Waals surface area contributed by atoms with Gasteiger partial charge in [-0.3, -0.25) is 4.79 Å². The molecule has 0 aliphatic carbocycles. The Balaban J connectivity index is 1.71. The summed E-state index contributed by atoms with van der Waals surface area (Å²) in [5.74, 6) is 0.158. The van der Waals surface area contributed by atoms with E-state index in [9.17, 15) is 14.3 Å². The first-order valence-corrected chi connectivity index (χ1v) is 12.1. The minimum Gasteiger partial charge on any atom is -0.497 e. The summed E-state index contributed by atoms with van der Waals surface area (Å²) in [4.78, 5) is 18.1. The van der Waals surface area contributed by atoms with Crippen molar-refractivity contribution in [2.45, 2.75) is 22.7 Å². The second-order valence-electron chi connectivity index (χ2n) is 8.65. The van der Waals surface area contributed by atoms with E-state index >= 15 is 0 Å². The number of methoxy groups -OCH3 is 1. The lowest BCUT2D eigenvalue weighted by Gasteiger charge is -2.26. The maximum Gasteiger partial charge on any atom is 0.257 e. The third-order valence-electron chi connectivity index (χ3n) is 5.91. The van der Waals surface area contributed by atoms with E-state index in [4.69, 9.17) is 4.74 Å². The summed E-state index contributed by atoms with van der Waals surface area (Å²) in [6, 6.07) is 20.0. The lowest BCUT2D eigenvalue weighted by atomic mass is 10.0. The van der Waals surface area contributed by atoms with E-state index in [1.165, 1.54) is 23.9 Å². The second-order valence-corrected chi connectivity index (χ2v) is 9.84. The molecule has 0 bridgehead atoms. The number of carbonyl (C=O) groups is 1. The van der Waals surface area contributed by atoms with Crippen molar-refractivity contribution in [3.63, 3.8) is 0 Å². The number of benzene rings is 3. The number of aliphatic hydroxyl groups excluding tert-OH is 1. The number of nitrogens with zero attached hydrogens (tertiary/aromatic N) is 2. The van der Waals surface area contributed by atoms with Gasteiger partial charge < -0.3 is 19.6 Å². The number of hydrogen-bond acceptors (Lipinski definition) is 5. The molecule has 2 atom stereocenters. The lowest BCUT2D eigenvalue weighted by molar-refractivity contribution is -0.126. The summed E-state index contributed by atoms with van der Waals surface area (Å²) in [7, 11) is 5.52. The second kappa shape index (κ2) is 10.6. The van der Waals surface area contributed by atoms with Gasteiger partial charge in [-0.25, -0.2) is 4.39 Å². The minimum absolute atomic E-state index is 0.257. The molecule has 178 valence electrons. The molecule has 5 nitrogen and oxygen atoms in total. The van der Waals surface area contributed by atoms with Gasteiger partial charge in [0.25, 0.3) is 5.91 Å². The first-order chi connectivity index (χ1) is 16.4. The van der Waals surface area contributed by atoms with Gasteiger partial charge in [-0.2, -0.15) is 0 Å². The van der Waals surface area contributed by atoms with Gasteiger partial charge in [0.2, 0.25) is 0 Å². The zero-order valence-corrected chi connectivity index (χ0v) is 20.4. The number of fused-ring (bicyclic) bond motifs is 1. The predicted molar refractivity (Wildman–Crippen MR) is 134 cm³/mol. The van der Waals surface area contributed by atoms with Gasteiger partial charge in [-0.1, -0.05) is 30.3 Å². The van der Waals surface area contributed by atoms with Crippen molar-refractivity contribution in [3.05, 3.63) is 89.2 Å². The van der Waals surface area contributed by atoms with E-state index in [0.717, 1.165) is 33.0 Å². The fourth-order valence-electron chi connectivity index (χ4n) is 4.01. The minimum atomic E-state index is -1.19. The molecule has 0 saturated heterocycles. The quantitative estimate of drug-likeness (QED) is 0.539. The van der Waals surface area contributed by atoms with Crippen LogP contribution in [0.3, 0.4) is 0 Å². The molecule has 1 aliphatic rings. The number of anilines is 1. The third kappa shape index (κ3) is 5.43. The van der Waals surface area contributed by atoms with Crippen molar-refractivity contribution in [1.29, 1.82) is 0 Å². The largest absolute Gasteiger partial charge is 0.497 e. The summed E-state index contributed by atoms with van der Waals surface area (Å²) in [6.07, 6.45) is -0.538. The summed E-state index contributed by atoms with van der Waals surface area (Å²) in [5, 5.41) is 10.7. The Morgan fingerprint density at radius 2 is 1.71 bits per heavy atom. The monoisotopic (exact) mass is 480 g/mol. The first-order valence-electron chi connectivity index (χ1n) is 11.2. The normalized spacial score (nSPS) is 18.1. The van der Waals surface area contributed by atoms with Crippen LogP contribution in [0.2, 0.25) is 0 Å². The van der Waals surface area contributed by atoms with Crippen molar-refractivity contribution in [3.8, 4) is 5.75 Å². The van der Waals surface area contributed by atoms with Crippen LogP contribution in [0.15, 0.2) is 71.6 Å². The van der Waals surface area contributed by atoms with E-state index in [2.05, 4.69) is 6.07 Å². The number of thioether (sulfide) groups is 1. The van der Waals surface area contributed by atoms with E-state index in [1.807, 2.05) is 55.4 Å². The van der Waals surface area contributed by atoms with Crippen LogP contribution in [0, 0.1) is 5.82 Å². The molecule has 2 unspecified atom stereocenters. The SMILES string of the molecule is COc1ccc(C2Sc3cc(Cc4ccc(F)cc4)ccc3N(CCN(C)C)C(=O)C2O)cc1. The molecule has 0 fully saturated rings. The Labute approximate surface area is 204 Å². The van der Waals surface area contributed by atoms with Gasteiger partial charge >= 0.3 is 0 Å². The number of rotatable bonds is 7. The molecule has 3 aromatic rings. The van der Waals surface area contributed by atoms with Gasteiger partial charge in [0.15, 0.2) is 0 Å². The summed E-state index contributed by atoms with van der Waals surface area (Å²) >= 11 is 1.49. The van der Waals surface area contributed by atoms with Crippen molar-refractivity contribution >= 4 is 23.4 Å². The summed E-state index contributed by atoms with van der Waals surface area (Å²) in [6.45, 7) is 1.15. The predicted octanol–water partition coefficient (Wildman–Crippen LogP) is 4.53. The molecule has 0 spiro atoms. The lowest BCUT2D eigenvalue weighted by Crippen LogP contribution is -2.43. The number of carbonyl (C=O) groups excluding carboxylic acids is 1. The van der Waals surface area contributed by atoms with Crippen LogP contribution in [-0.2, 0) is 11.2 Å². The van der Waals surface area contributed by atoms with Crippen LogP contribution >= 0.6 is 11.8 Å². The topological polar surface area (TPSA) is 53.0 Å². The fraction of sp³-hybridized carbons (Fsp3) is 0.296. The summed E-state index contributed by atoms with van der Waals surface area (Å²) in [5.41, 5.74) is 3.72. The number of aliphatic hydroxyl groups is 1. The Hall–Kier alpha value is -2.87. The Bertz CT molecular complexity index is 1140. The van der Waals surface area contributed by atoms with Crippen LogP contribution in [0.4, 0.5) is 10.1 Å². The summed E-state index contributed by atoms with van der Waals surface area (Å²) < 4.78 is 18.6. The molecular formula is C27H29FN2O3S. The first kappa shape index (κ1) is 24.3. The smallest absolute Gasteiger partial charge is 0.257 e. The highest BCUT2D eigenvalue weighted by Crippen LogP contribution is 2.46. The number of ether oxygens (including phenoxy) is 1. The maximum absolute atomic E-state index is 13.4. The molecule has 34 heavy (non-hydrogen) atoms. The number of amides is 1. The molecule has 1 N–H and O–H groups in total. The van der Waals surface area contributed by atoms with Gasteiger partial charge in [0.1, 0.15) is 17.7 Å². The number of halogens is 1. The van der Waals surface area contributed by atoms with Gasteiger partial charge in [0, 0.05) is 18.0 Å². The van der Waals surface area contributed by atoms with Crippen molar-refractivity contribution in [2.75, 3.05) is 39.2 Å². The molecule has 0 saturated carbocycles. The molecule has 7 heteroatoms. The number of likely N-dealkylation sites (N-methyl/N-ethyl adjacent to an activating group) is 1. The van der Waals surface area contributed by atoms with Gasteiger partial charge in [-0.15, -0.1) is 11.8 Å². The van der Waals surface area contributed by atoms with Gasteiger partial charge in [0.05, 0.1) is 18.0 Å². The van der Waals surface area contributed by atoms with Crippen LogP contribution in [0.5, 0.6) is 5.75 Å². The van der Waals surface area contributed by atoms with E-state index in [0.29, 0.717) is 19.5 Å². The molecular weight excluding hydrogens is 451 g/mol. The molecule has 4 rings (SSSR count). The average molecular weight is 481 g/mol. The number of hydrogen-bond donors (Lipinski definition) is 1. The third-order valence-corrected chi connectivity index (χ3v) is 7.28. The zero-order chi connectivity index (χ0) is 24.2. The van der Waals surface area contributed by atoms with Crippen molar-refractivity contribution in [1.82, 2.24) is 4.90 Å². The maximum atomic E-state index is 13.4. The van der Waals surface area contributed by atoms with Crippen LogP contribution in [0.1, 0.15) is 21.9 Å². The van der Waals surface area contributed by atoms with Crippen molar-refractivity contribution < 1.29 is 19.0 Å². The van der Waals surface area contributed by atoms with Gasteiger partial charge in [-0.05, 0) is 73.6 Å². The molecule has 0 radical (unpaired) electrons. The molecule has 1 amide bonds. The van der Waals surface area contributed by atoms with E-state index in [1.54, 1.807) is 24.1 Å². The van der Waals surface area contributed by atoms with E-state index < -0.39 is 11.4 Å². The molecule has 3 aromatic carbocycles. The van der Waals surface area contributed by atoms with Crippen molar-refractivity contribution in [2.24, 2.45) is 0 Å².